The predicted octanol–water partition coefficient (Wildman–Crippen LogP) is 1.00. The van der Waals surface area contributed by atoms with Crippen LogP contribution in [0.25, 0.3) is 0 Å². The van der Waals surface area contributed by atoms with Crippen LogP contribution >= 0.6 is 0 Å². The minimum Gasteiger partial charge on any atom is -0.339 e. The Morgan fingerprint density at radius 2 is 1.92 bits per heavy atom. The second kappa shape index (κ2) is 3.66. The van der Waals surface area contributed by atoms with Gasteiger partial charge >= 0.3 is 0 Å². The van der Waals surface area contributed by atoms with Gasteiger partial charge in [-0.15, -0.1) is 0 Å². The smallest absolute Gasteiger partial charge is 0.238 e. The van der Waals surface area contributed by atoms with Crippen LogP contribution in [-0.4, -0.2) is 18.1 Å². The van der Waals surface area contributed by atoms with Gasteiger partial charge in [0, 0.05) is 0 Å². The summed E-state index contributed by atoms with van der Waals surface area (Å²) in [5.74, 6) is 0.832. The summed E-state index contributed by atoms with van der Waals surface area (Å²) in [5, 5.41) is 6.34. The zero-order valence-electron chi connectivity index (χ0n) is 8.18. The van der Waals surface area contributed by atoms with Gasteiger partial charge in [-0.05, 0) is 25.7 Å². The van der Waals surface area contributed by atoms with E-state index in [1.54, 1.807) is 0 Å². The van der Waals surface area contributed by atoms with E-state index in [2.05, 4.69) is 10.6 Å². The predicted molar refractivity (Wildman–Crippen MR) is 51.1 cm³/mol. The first-order chi connectivity index (χ1) is 6.27. The first kappa shape index (κ1) is 9.00. The van der Waals surface area contributed by atoms with E-state index in [-0.39, 0.29) is 18.1 Å². The summed E-state index contributed by atoms with van der Waals surface area (Å²) in [5.41, 5.74) is 0. The van der Waals surface area contributed by atoms with Crippen molar-refractivity contribution in [2.45, 2.75) is 51.2 Å². The molecule has 0 aromatic carbocycles. The fourth-order valence-electron chi connectivity index (χ4n) is 2.39. The standard InChI is InChI=1S/C10H18N2O/c1-7-10(13)12-9(11-7)8-5-3-2-4-6-8/h7-9,11H,2-6H2,1H3,(H,12,13). The number of rotatable bonds is 1. The highest BCUT2D eigenvalue weighted by molar-refractivity contribution is 5.83. The Balaban J connectivity index is 1.90. The second-order valence-electron chi connectivity index (χ2n) is 4.27. The molecule has 2 unspecified atom stereocenters. The van der Waals surface area contributed by atoms with Crippen molar-refractivity contribution in [2.75, 3.05) is 0 Å². The molecule has 3 heteroatoms. The van der Waals surface area contributed by atoms with Crippen LogP contribution in [0.5, 0.6) is 0 Å². The Hall–Kier alpha value is -0.570. The summed E-state index contributed by atoms with van der Waals surface area (Å²) in [6.07, 6.45) is 6.81. The third-order valence-electron chi connectivity index (χ3n) is 3.24. The molecule has 1 aliphatic heterocycles. The number of amides is 1. The summed E-state index contributed by atoms with van der Waals surface area (Å²) in [7, 11) is 0. The highest BCUT2D eigenvalue weighted by Crippen LogP contribution is 2.26. The fourth-order valence-corrected chi connectivity index (χ4v) is 2.39. The topological polar surface area (TPSA) is 41.1 Å². The molecular formula is C10H18N2O. The van der Waals surface area contributed by atoms with E-state index in [4.69, 9.17) is 0 Å². The van der Waals surface area contributed by atoms with Gasteiger partial charge in [0.25, 0.3) is 0 Å². The summed E-state index contributed by atoms with van der Waals surface area (Å²) in [6, 6.07) is 0.00641. The molecule has 0 bridgehead atoms. The molecule has 1 heterocycles. The molecule has 2 rings (SSSR count). The lowest BCUT2D eigenvalue weighted by atomic mass is 9.87. The molecule has 3 nitrogen and oxygen atoms in total. The molecule has 2 atom stereocenters. The second-order valence-corrected chi connectivity index (χ2v) is 4.27. The Morgan fingerprint density at radius 1 is 1.23 bits per heavy atom. The van der Waals surface area contributed by atoms with Crippen LogP contribution in [0.4, 0.5) is 0 Å². The van der Waals surface area contributed by atoms with Crippen molar-refractivity contribution in [3.63, 3.8) is 0 Å². The van der Waals surface area contributed by atoms with Gasteiger partial charge in [-0.3, -0.25) is 10.1 Å². The molecule has 13 heavy (non-hydrogen) atoms. The van der Waals surface area contributed by atoms with Gasteiger partial charge in [-0.1, -0.05) is 19.3 Å². The van der Waals surface area contributed by atoms with Gasteiger partial charge in [0.1, 0.15) is 0 Å². The number of nitrogens with one attached hydrogen (secondary N) is 2. The van der Waals surface area contributed by atoms with Crippen LogP contribution in [0.3, 0.4) is 0 Å². The zero-order chi connectivity index (χ0) is 9.26. The van der Waals surface area contributed by atoms with Crippen LogP contribution in [0, 0.1) is 5.92 Å². The van der Waals surface area contributed by atoms with E-state index in [1.165, 1.54) is 32.1 Å². The maximum Gasteiger partial charge on any atom is 0.238 e. The van der Waals surface area contributed by atoms with E-state index in [0.717, 1.165) is 0 Å². The van der Waals surface area contributed by atoms with Gasteiger partial charge in [-0.2, -0.15) is 0 Å². The summed E-state index contributed by atoms with van der Waals surface area (Å²) < 4.78 is 0. The van der Waals surface area contributed by atoms with Crippen molar-refractivity contribution in [1.29, 1.82) is 0 Å². The molecule has 2 N–H and O–H groups in total. The molecule has 1 saturated carbocycles. The number of hydrogen-bond acceptors (Lipinski definition) is 2. The lowest BCUT2D eigenvalue weighted by Gasteiger charge is -2.27. The van der Waals surface area contributed by atoms with Crippen molar-refractivity contribution >= 4 is 5.91 Å². The first-order valence-corrected chi connectivity index (χ1v) is 5.34. The van der Waals surface area contributed by atoms with Crippen molar-refractivity contribution in [3.05, 3.63) is 0 Å². The molecule has 1 amide bonds. The van der Waals surface area contributed by atoms with E-state index < -0.39 is 0 Å². The highest BCUT2D eigenvalue weighted by Gasteiger charge is 2.33. The number of carbonyl (C=O) groups excluding carboxylic acids is 1. The quantitative estimate of drug-likeness (QED) is 0.635. The SMILES string of the molecule is CC1NC(C2CCCCC2)NC1=O. The zero-order valence-corrected chi connectivity index (χ0v) is 8.18. The molecule has 1 aliphatic carbocycles. The third kappa shape index (κ3) is 1.85. The lowest BCUT2D eigenvalue weighted by molar-refractivity contribution is -0.120. The molecule has 2 fully saturated rings. The number of hydrogen-bond donors (Lipinski definition) is 2. The minimum absolute atomic E-state index is 0.00641. The van der Waals surface area contributed by atoms with Crippen LogP contribution < -0.4 is 10.6 Å². The summed E-state index contributed by atoms with van der Waals surface area (Å²) in [4.78, 5) is 11.3. The Labute approximate surface area is 79.3 Å². The van der Waals surface area contributed by atoms with E-state index in [9.17, 15) is 4.79 Å². The normalized spacial score (nSPS) is 36.2. The van der Waals surface area contributed by atoms with Gasteiger partial charge in [-0.25, -0.2) is 0 Å². The third-order valence-corrected chi connectivity index (χ3v) is 3.24. The van der Waals surface area contributed by atoms with Crippen LogP contribution in [0.15, 0.2) is 0 Å². The molecule has 0 radical (unpaired) electrons. The van der Waals surface area contributed by atoms with Crippen molar-refractivity contribution in [2.24, 2.45) is 5.92 Å². The van der Waals surface area contributed by atoms with Gasteiger partial charge in [0.2, 0.25) is 5.91 Å². The monoisotopic (exact) mass is 182 g/mol. The van der Waals surface area contributed by atoms with Crippen LogP contribution in [0.1, 0.15) is 39.0 Å². The van der Waals surface area contributed by atoms with Gasteiger partial charge in [0.15, 0.2) is 0 Å². The summed E-state index contributed by atoms with van der Waals surface area (Å²) in [6.45, 7) is 1.93. The molecule has 0 spiro atoms. The minimum atomic E-state index is 0.00641. The first-order valence-electron chi connectivity index (χ1n) is 5.34. The lowest BCUT2D eigenvalue weighted by Crippen LogP contribution is -2.41. The summed E-state index contributed by atoms with van der Waals surface area (Å²) >= 11 is 0. The van der Waals surface area contributed by atoms with Crippen LogP contribution in [0.2, 0.25) is 0 Å². The molecule has 1 saturated heterocycles. The van der Waals surface area contributed by atoms with Crippen molar-refractivity contribution in [1.82, 2.24) is 10.6 Å². The Morgan fingerprint density at radius 3 is 2.46 bits per heavy atom. The van der Waals surface area contributed by atoms with E-state index >= 15 is 0 Å². The maximum atomic E-state index is 11.3. The molecule has 74 valence electrons. The van der Waals surface area contributed by atoms with Gasteiger partial charge < -0.3 is 5.32 Å². The van der Waals surface area contributed by atoms with Gasteiger partial charge in [0.05, 0.1) is 12.2 Å². The van der Waals surface area contributed by atoms with E-state index in [1.807, 2.05) is 6.92 Å². The van der Waals surface area contributed by atoms with Crippen LogP contribution in [-0.2, 0) is 4.79 Å². The molecular weight excluding hydrogens is 164 g/mol. The highest BCUT2D eigenvalue weighted by atomic mass is 16.2. The Kier molecular flexibility index (Phi) is 2.54. The maximum absolute atomic E-state index is 11.3. The van der Waals surface area contributed by atoms with Crippen molar-refractivity contribution in [3.8, 4) is 0 Å². The number of carbonyl (C=O) groups is 1. The molecule has 2 aliphatic rings. The molecule has 0 aromatic heterocycles. The molecule has 0 aromatic rings. The average molecular weight is 182 g/mol. The largest absolute Gasteiger partial charge is 0.339 e. The van der Waals surface area contributed by atoms with E-state index in [0.29, 0.717) is 5.92 Å². The van der Waals surface area contributed by atoms with Crippen molar-refractivity contribution < 1.29 is 4.79 Å². The average Bonchev–Trinajstić information content (AvgIpc) is 2.49. The fraction of sp³-hybridized carbons (Fsp3) is 0.900. The Bertz CT molecular complexity index is 199.